The van der Waals surface area contributed by atoms with E-state index in [0.29, 0.717) is 16.9 Å². The molecule has 1 rings (SSSR count). The van der Waals surface area contributed by atoms with E-state index >= 15 is 0 Å². The largest absolute Gasteiger partial charge is 0.477 e. The molecule has 1 aromatic rings. The molecule has 3 nitrogen and oxygen atoms in total. The van der Waals surface area contributed by atoms with Gasteiger partial charge >= 0.3 is 0 Å². The molecule has 0 saturated carbocycles. The van der Waals surface area contributed by atoms with Crippen molar-refractivity contribution in [1.29, 1.82) is 5.26 Å². The van der Waals surface area contributed by atoms with Gasteiger partial charge in [-0.3, -0.25) is 4.79 Å². The van der Waals surface area contributed by atoms with E-state index in [-0.39, 0.29) is 5.78 Å². The number of Topliss-reactive ketones (excluding diaryl/α,β-unsaturated/α-hetero) is 1. The first-order chi connectivity index (χ1) is 7.58. The molecule has 0 saturated heterocycles. The molecule has 80 valence electrons. The molecule has 3 heteroatoms. The molecule has 0 heterocycles. The average Bonchev–Trinajstić information content (AvgIpc) is 2.28. The standard InChI is InChI=1S/C13H11NO2/c1-4-9(2)16-13-7-11(8-14)5-6-12(13)10(3)15/h1,5-7,9H,2-3H3. The molecule has 0 aliphatic rings. The molecule has 0 amide bonds. The van der Waals surface area contributed by atoms with Gasteiger partial charge in [0.1, 0.15) is 5.75 Å². The highest BCUT2D eigenvalue weighted by atomic mass is 16.5. The van der Waals surface area contributed by atoms with E-state index in [0.717, 1.165) is 0 Å². The maximum atomic E-state index is 11.3. The van der Waals surface area contributed by atoms with Crippen LogP contribution in [0.1, 0.15) is 29.8 Å². The number of carbonyl (C=O) groups excluding carboxylic acids is 1. The number of ether oxygens (including phenoxy) is 1. The first-order valence-corrected chi connectivity index (χ1v) is 4.76. The second-order valence-electron chi connectivity index (χ2n) is 3.31. The Morgan fingerprint density at radius 2 is 2.25 bits per heavy atom. The zero-order valence-corrected chi connectivity index (χ0v) is 9.15. The van der Waals surface area contributed by atoms with E-state index in [1.165, 1.54) is 13.0 Å². The van der Waals surface area contributed by atoms with Crippen LogP contribution in [0.5, 0.6) is 5.75 Å². The number of carbonyl (C=O) groups is 1. The van der Waals surface area contributed by atoms with Gasteiger partial charge in [0.05, 0.1) is 17.2 Å². The Bertz CT molecular complexity index is 492. The molecule has 1 unspecified atom stereocenters. The lowest BCUT2D eigenvalue weighted by Crippen LogP contribution is -2.11. The summed E-state index contributed by atoms with van der Waals surface area (Å²) in [4.78, 5) is 11.3. The third-order valence-corrected chi connectivity index (χ3v) is 2.03. The summed E-state index contributed by atoms with van der Waals surface area (Å²) < 4.78 is 5.39. The number of hydrogen-bond acceptors (Lipinski definition) is 3. The van der Waals surface area contributed by atoms with Crippen LogP contribution in [-0.4, -0.2) is 11.9 Å². The minimum atomic E-state index is -0.438. The summed E-state index contributed by atoms with van der Waals surface area (Å²) in [6, 6.07) is 6.64. The lowest BCUT2D eigenvalue weighted by molar-refractivity contribution is 0.101. The van der Waals surface area contributed by atoms with Gasteiger partial charge in [-0.2, -0.15) is 5.26 Å². The average molecular weight is 213 g/mol. The number of benzene rings is 1. The molecule has 1 atom stereocenters. The van der Waals surface area contributed by atoms with Crippen molar-refractivity contribution in [1.82, 2.24) is 0 Å². The quantitative estimate of drug-likeness (QED) is 0.571. The van der Waals surface area contributed by atoms with E-state index in [1.54, 1.807) is 19.1 Å². The van der Waals surface area contributed by atoms with Gasteiger partial charge in [0.15, 0.2) is 11.9 Å². The smallest absolute Gasteiger partial charge is 0.163 e. The summed E-state index contributed by atoms with van der Waals surface area (Å²) in [5, 5.41) is 8.75. The normalized spacial score (nSPS) is 11.0. The molecular weight excluding hydrogens is 202 g/mol. The summed E-state index contributed by atoms with van der Waals surface area (Å²) in [6.45, 7) is 3.14. The van der Waals surface area contributed by atoms with Crippen LogP contribution >= 0.6 is 0 Å². The van der Waals surface area contributed by atoms with E-state index in [4.69, 9.17) is 16.4 Å². The van der Waals surface area contributed by atoms with E-state index in [1.807, 2.05) is 6.07 Å². The van der Waals surface area contributed by atoms with Gasteiger partial charge in [-0.15, -0.1) is 6.42 Å². The molecule has 0 aliphatic heterocycles. The second-order valence-corrected chi connectivity index (χ2v) is 3.31. The number of terminal acetylenes is 1. The predicted molar refractivity (Wildman–Crippen MR) is 60.1 cm³/mol. The van der Waals surface area contributed by atoms with Crippen molar-refractivity contribution in [2.75, 3.05) is 0 Å². The first-order valence-electron chi connectivity index (χ1n) is 4.76. The Kier molecular flexibility index (Phi) is 3.69. The fraction of sp³-hybridized carbons (Fsp3) is 0.231. The van der Waals surface area contributed by atoms with Crippen molar-refractivity contribution < 1.29 is 9.53 Å². The van der Waals surface area contributed by atoms with Crippen molar-refractivity contribution in [2.45, 2.75) is 20.0 Å². The molecular formula is C13H11NO2. The van der Waals surface area contributed by atoms with Gasteiger partial charge in [0.25, 0.3) is 0 Å². The van der Waals surface area contributed by atoms with Gasteiger partial charge < -0.3 is 4.74 Å². The minimum absolute atomic E-state index is 0.122. The molecule has 0 fully saturated rings. The maximum absolute atomic E-state index is 11.3. The molecule has 0 bridgehead atoms. The molecule has 0 spiro atoms. The molecule has 16 heavy (non-hydrogen) atoms. The summed E-state index contributed by atoms with van der Waals surface area (Å²) >= 11 is 0. The fourth-order valence-electron chi connectivity index (χ4n) is 1.20. The van der Waals surface area contributed by atoms with Crippen molar-refractivity contribution in [2.24, 2.45) is 0 Å². The van der Waals surface area contributed by atoms with Gasteiger partial charge in [-0.1, -0.05) is 5.92 Å². The highest BCUT2D eigenvalue weighted by Gasteiger charge is 2.11. The van der Waals surface area contributed by atoms with Crippen molar-refractivity contribution in [3.05, 3.63) is 29.3 Å². The Hall–Kier alpha value is -2.26. The lowest BCUT2D eigenvalue weighted by atomic mass is 10.1. The lowest BCUT2D eigenvalue weighted by Gasteiger charge is -2.12. The molecule has 1 aromatic carbocycles. The third-order valence-electron chi connectivity index (χ3n) is 2.03. The zero-order valence-electron chi connectivity index (χ0n) is 9.15. The number of ketones is 1. The Labute approximate surface area is 94.7 Å². The van der Waals surface area contributed by atoms with E-state index < -0.39 is 6.10 Å². The molecule has 0 radical (unpaired) electrons. The molecule has 0 aliphatic carbocycles. The Morgan fingerprint density at radius 3 is 2.75 bits per heavy atom. The van der Waals surface area contributed by atoms with Crippen LogP contribution in [0.15, 0.2) is 18.2 Å². The maximum Gasteiger partial charge on any atom is 0.163 e. The van der Waals surface area contributed by atoms with Gasteiger partial charge in [0, 0.05) is 0 Å². The van der Waals surface area contributed by atoms with Crippen LogP contribution in [-0.2, 0) is 0 Å². The number of nitriles is 1. The highest BCUT2D eigenvalue weighted by Crippen LogP contribution is 2.22. The van der Waals surface area contributed by atoms with Crippen molar-refractivity contribution >= 4 is 5.78 Å². The minimum Gasteiger partial charge on any atom is -0.477 e. The Morgan fingerprint density at radius 1 is 1.56 bits per heavy atom. The van der Waals surface area contributed by atoms with Gasteiger partial charge in [0.2, 0.25) is 0 Å². The number of rotatable bonds is 3. The van der Waals surface area contributed by atoms with Gasteiger partial charge in [-0.05, 0) is 32.0 Å². The highest BCUT2D eigenvalue weighted by molar-refractivity contribution is 5.97. The monoisotopic (exact) mass is 213 g/mol. The second kappa shape index (κ2) is 5.00. The molecule has 0 N–H and O–H groups in total. The van der Waals surface area contributed by atoms with Crippen LogP contribution in [0, 0.1) is 23.7 Å². The molecule has 0 aromatic heterocycles. The predicted octanol–water partition coefficient (Wildman–Crippen LogP) is 2.16. The van der Waals surface area contributed by atoms with E-state index in [2.05, 4.69) is 5.92 Å². The summed E-state index contributed by atoms with van der Waals surface area (Å²) in [5.41, 5.74) is 0.866. The first kappa shape index (κ1) is 11.8. The Balaban J connectivity index is 3.17. The number of hydrogen-bond donors (Lipinski definition) is 0. The fourth-order valence-corrected chi connectivity index (χ4v) is 1.20. The van der Waals surface area contributed by atoms with Crippen molar-refractivity contribution in [3.8, 4) is 24.2 Å². The third kappa shape index (κ3) is 2.62. The van der Waals surface area contributed by atoms with Crippen LogP contribution in [0.3, 0.4) is 0 Å². The van der Waals surface area contributed by atoms with Crippen LogP contribution < -0.4 is 4.74 Å². The van der Waals surface area contributed by atoms with Crippen LogP contribution in [0.4, 0.5) is 0 Å². The topological polar surface area (TPSA) is 50.1 Å². The van der Waals surface area contributed by atoms with Crippen molar-refractivity contribution in [3.63, 3.8) is 0 Å². The number of nitrogens with zero attached hydrogens (tertiary/aromatic N) is 1. The summed E-state index contributed by atoms with van der Waals surface area (Å²) in [6.07, 6.45) is 4.75. The van der Waals surface area contributed by atoms with E-state index in [9.17, 15) is 4.79 Å². The van der Waals surface area contributed by atoms with Crippen LogP contribution in [0.2, 0.25) is 0 Å². The zero-order chi connectivity index (χ0) is 12.1. The summed E-state index contributed by atoms with van der Waals surface area (Å²) in [5.74, 6) is 2.64. The summed E-state index contributed by atoms with van der Waals surface area (Å²) in [7, 11) is 0. The van der Waals surface area contributed by atoms with Gasteiger partial charge in [-0.25, -0.2) is 0 Å². The SMILES string of the molecule is C#CC(C)Oc1cc(C#N)ccc1C(C)=O. The van der Waals surface area contributed by atoms with Crippen LogP contribution in [0.25, 0.3) is 0 Å².